The Balaban J connectivity index is 2.93. The summed E-state index contributed by atoms with van der Waals surface area (Å²) in [5.74, 6) is -0.864. The number of aromatic carboxylic acids is 1. The highest BCUT2D eigenvalue weighted by atomic mass is 32.2. The maximum absolute atomic E-state index is 12.0. The van der Waals surface area contributed by atoms with E-state index in [1.54, 1.807) is 11.8 Å². The summed E-state index contributed by atoms with van der Waals surface area (Å²) in [7, 11) is -3.78. The van der Waals surface area contributed by atoms with Crippen molar-refractivity contribution in [2.24, 2.45) is 5.92 Å². The SMILES string of the molecule is CSCC(C)CNS(=O)(=O)c1ccc(O)c(C(=O)O)c1. The van der Waals surface area contributed by atoms with Gasteiger partial charge in [-0.2, -0.15) is 11.8 Å². The van der Waals surface area contributed by atoms with Crippen molar-refractivity contribution in [1.29, 1.82) is 0 Å². The lowest BCUT2D eigenvalue weighted by atomic mass is 10.2. The van der Waals surface area contributed by atoms with Crippen LogP contribution in [-0.2, 0) is 10.0 Å². The highest BCUT2D eigenvalue weighted by Gasteiger charge is 2.19. The number of carboxylic acids is 1. The van der Waals surface area contributed by atoms with E-state index in [0.717, 1.165) is 17.9 Å². The first-order valence-corrected chi connectivity index (χ1v) is 8.70. The molecule has 1 aromatic carbocycles. The van der Waals surface area contributed by atoms with Gasteiger partial charge in [-0.1, -0.05) is 6.92 Å². The Morgan fingerprint density at radius 1 is 1.45 bits per heavy atom. The van der Waals surface area contributed by atoms with Crippen LogP contribution in [-0.4, -0.2) is 43.2 Å². The Labute approximate surface area is 122 Å². The number of phenols is 1. The minimum absolute atomic E-state index is 0.163. The summed E-state index contributed by atoms with van der Waals surface area (Å²) in [6.07, 6.45) is 1.93. The first-order chi connectivity index (χ1) is 9.27. The van der Waals surface area contributed by atoms with E-state index < -0.39 is 27.3 Å². The van der Waals surface area contributed by atoms with Crippen LogP contribution >= 0.6 is 11.8 Å². The van der Waals surface area contributed by atoms with E-state index in [0.29, 0.717) is 0 Å². The van der Waals surface area contributed by atoms with Gasteiger partial charge in [0.05, 0.1) is 4.90 Å². The molecular formula is C12H17NO5S2. The molecule has 1 atom stereocenters. The van der Waals surface area contributed by atoms with Gasteiger partial charge in [-0.25, -0.2) is 17.9 Å². The van der Waals surface area contributed by atoms with Gasteiger partial charge in [0.2, 0.25) is 10.0 Å². The summed E-state index contributed by atoms with van der Waals surface area (Å²) in [4.78, 5) is 10.7. The molecule has 8 heteroatoms. The molecule has 0 aliphatic rings. The van der Waals surface area contributed by atoms with E-state index in [2.05, 4.69) is 4.72 Å². The monoisotopic (exact) mass is 319 g/mol. The topological polar surface area (TPSA) is 104 Å². The van der Waals surface area contributed by atoms with Crippen molar-refractivity contribution in [2.75, 3.05) is 18.6 Å². The van der Waals surface area contributed by atoms with Gasteiger partial charge in [0, 0.05) is 6.54 Å². The number of hydrogen-bond donors (Lipinski definition) is 3. The quantitative estimate of drug-likeness (QED) is 0.701. The second kappa shape index (κ2) is 6.96. The van der Waals surface area contributed by atoms with Gasteiger partial charge in [0.15, 0.2) is 0 Å². The van der Waals surface area contributed by atoms with Gasteiger partial charge < -0.3 is 10.2 Å². The maximum atomic E-state index is 12.0. The average molecular weight is 319 g/mol. The Kier molecular flexibility index (Phi) is 5.85. The summed E-state index contributed by atoms with van der Waals surface area (Å²) in [5.41, 5.74) is -0.440. The fourth-order valence-electron chi connectivity index (χ4n) is 1.53. The number of carbonyl (C=O) groups is 1. The second-order valence-electron chi connectivity index (χ2n) is 4.40. The molecule has 112 valence electrons. The third-order valence-electron chi connectivity index (χ3n) is 2.58. The van der Waals surface area contributed by atoms with Crippen LogP contribution < -0.4 is 4.72 Å². The van der Waals surface area contributed by atoms with E-state index in [1.165, 1.54) is 6.07 Å². The van der Waals surface area contributed by atoms with Crippen LogP contribution in [0.1, 0.15) is 17.3 Å². The third-order valence-corrected chi connectivity index (χ3v) is 4.91. The van der Waals surface area contributed by atoms with Crippen LogP contribution in [0.4, 0.5) is 0 Å². The number of hydrogen-bond acceptors (Lipinski definition) is 5. The third kappa shape index (κ3) is 4.39. The lowest BCUT2D eigenvalue weighted by Crippen LogP contribution is -2.29. The van der Waals surface area contributed by atoms with Crippen molar-refractivity contribution in [2.45, 2.75) is 11.8 Å². The molecule has 0 heterocycles. The molecule has 0 aromatic heterocycles. The van der Waals surface area contributed by atoms with E-state index in [4.69, 9.17) is 5.11 Å². The summed E-state index contributed by atoms with van der Waals surface area (Å²) < 4.78 is 26.5. The number of sulfonamides is 1. The molecule has 1 aromatic rings. The van der Waals surface area contributed by atoms with Gasteiger partial charge in [0.1, 0.15) is 11.3 Å². The molecule has 0 amide bonds. The first-order valence-electron chi connectivity index (χ1n) is 5.83. The lowest BCUT2D eigenvalue weighted by Gasteiger charge is -2.12. The van der Waals surface area contributed by atoms with E-state index in [9.17, 15) is 18.3 Å². The number of benzene rings is 1. The molecule has 0 fully saturated rings. The lowest BCUT2D eigenvalue weighted by molar-refractivity contribution is 0.0693. The predicted octanol–water partition coefficient (Wildman–Crippen LogP) is 1.37. The minimum Gasteiger partial charge on any atom is -0.507 e. The first kappa shape index (κ1) is 16.8. The van der Waals surface area contributed by atoms with Crippen LogP contribution in [0, 0.1) is 5.92 Å². The predicted molar refractivity (Wildman–Crippen MR) is 77.8 cm³/mol. The van der Waals surface area contributed by atoms with Crippen molar-refractivity contribution in [3.8, 4) is 5.75 Å². The van der Waals surface area contributed by atoms with E-state index in [1.807, 2.05) is 13.2 Å². The Bertz CT molecular complexity index is 586. The van der Waals surface area contributed by atoms with Crippen molar-refractivity contribution in [1.82, 2.24) is 4.72 Å². The minimum atomic E-state index is -3.78. The Morgan fingerprint density at radius 3 is 2.65 bits per heavy atom. The number of aromatic hydroxyl groups is 1. The molecule has 0 radical (unpaired) electrons. The zero-order chi connectivity index (χ0) is 15.3. The van der Waals surface area contributed by atoms with Gasteiger partial charge in [-0.15, -0.1) is 0 Å². The smallest absolute Gasteiger partial charge is 0.339 e. The fourth-order valence-corrected chi connectivity index (χ4v) is 3.41. The largest absolute Gasteiger partial charge is 0.507 e. The summed E-state index contributed by atoms with van der Waals surface area (Å²) >= 11 is 1.62. The Morgan fingerprint density at radius 2 is 2.10 bits per heavy atom. The normalized spacial score (nSPS) is 13.1. The summed E-state index contributed by atoms with van der Waals surface area (Å²) in [6, 6.07) is 3.17. The zero-order valence-corrected chi connectivity index (χ0v) is 12.8. The van der Waals surface area contributed by atoms with Gasteiger partial charge in [-0.05, 0) is 36.1 Å². The maximum Gasteiger partial charge on any atom is 0.339 e. The molecule has 1 unspecified atom stereocenters. The molecular weight excluding hydrogens is 302 g/mol. The number of carboxylic acid groups (broad SMARTS) is 1. The van der Waals surface area contributed by atoms with Gasteiger partial charge >= 0.3 is 5.97 Å². The van der Waals surface area contributed by atoms with Crippen molar-refractivity contribution in [3.63, 3.8) is 0 Å². The van der Waals surface area contributed by atoms with Crippen LogP contribution in [0.2, 0.25) is 0 Å². The molecule has 20 heavy (non-hydrogen) atoms. The molecule has 0 bridgehead atoms. The second-order valence-corrected chi connectivity index (χ2v) is 7.07. The summed E-state index contributed by atoms with van der Waals surface area (Å²) in [6.45, 7) is 2.19. The standard InChI is InChI=1S/C12H17NO5S2/c1-8(7-19-2)6-13-20(17,18)9-3-4-11(14)10(5-9)12(15)16/h3-5,8,13-14H,6-7H2,1-2H3,(H,15,16). The zero-order valence-electron chi connectivity index (χ0n) is 11.2. The molecule has 0 spiro atoms. The van der Waals surface area contributed by atoms with Crippen LogP contribution in [0.15, 0.2) is 23.1 Å². The van der Waals surface area contributed by atoms with Gasteiger partial charge in [-0.3, -0.25) is 0 Å². The highest BCUT2D eigenvalue weighted by Crippen LogP contribution is 2.21. The average Bonchev–Trinajstić information content (AvgIpc) is 2.37. The molecule has 0 aliphatic heterocycles. The van der Waals surface area contributed by atoms with E-state index >= 15 is 0 Å². The van der Waals surface area contributed by atoms with Gasteiger partial charge in [0.25, 0.3) is 0 Å². The molecule has 6 nitrogen and oxygen atoms in total. The molecule has 0 saturated heterocycles. The van der Waals surface area contributed by atoms with Crippen molar-refractivity contribution in [3.05, 3.63) is 23.8 Å². The number of rotatable bonds is 7. The van der Waals surface area contributed by atoms with Crippen LogP contribution in [0.5, 0.6) is 5.75 Å². The molecule has 0 saturated carbocycles. The number of nitrogens with one attached hydrogen (secondary N) is 1. The summed E-state index contributed by atoms with van der Waals surface area (Å²) in [5, 5.41) is 18.2. The highest BCUT2D eigenvalue weighted by molar-refractivity contribution is 7.98. The molecule has 3 N–H and O–H groups in total. The molecule has 1 rings (SSSR count). The van der Waals surface area contributed by atoms with Crippen molar-refractivity contribution >= 4 is 27.8 Å². The van der Waals surface area contributed by atoms with Crippen molar-refractivity contribution < 1.29 is 23.4 Å². The number of thioether (sulfide) groups is 1. The van der Waals surface area contributed by atoms with Crippen LogP contribution in [0.25, 0.3) is 0 Å². The Hall–Kier alpha value is -1.25. The van der Waals surface area contributed by atoms with E-state index in [-0.39, 0.29) is 17.4 Å². The fraction of sp³-hybridized carbons (Fsp3) is 0.417. The molecule has 0 aliphatic carbocycles. The van der Waals surface area contributed by atoms with Crippen LogP contribution in [0.3, 0.4) is 0 Å².